The number of anilines is 1. The van der Waals surface area contributed by atoms with Crippen LogP contribution in [0.3, 0.4) is 0 Å². The summed E-state index contributed by atoms with van der Waals surface area (Å²) in [5, 5.41) is 17.1. The summed E-state index contributed by atoms with van der Waals surface area (Å²) in [4.78, 5) is 0. The molecule has 1 aromatic carbocycles. The molecule has 0 spiro atoms. The van der Waals surface area contributed by atoms with Crippen LogP contribution in [0.2, 0.25) is 0 Å². The van der Waals surface area contributed by atoms with Gasteiger partial charge in [-0.25, -0.2) is 8.42 Å². The minimum atomic E-state index is -3.64. The lowest BCUT2D eigenvalue weighted by atomic mass is 10.1. The third-order valence-corrected chi connectivity index (χ3v) is 3.13. The predicted octanol–water partition coefficient (Wildman–Crippen LogP) is 0.994. The van der Waals surface area contributed by atoms with Crippen LogP contribution in [0, 0.1) is 30.1 Å². The molecule has 0 amide bonds. The van der Waals surface area contributed by atoms with Gasteiger partial charge in [-0.15, -0.1) is 0 Å². The summed E-state index contributed by atoms with van der Waals surface area (Å²) in [6, 6.07) is 6.65. The molecule has 6 heteroatoms. The zero-order chi connectivity index (χ0) is 14.3. The Morgan fingerprint density at radius 1 is 1.37 bits per heavy atom. The molecule has 0 radical (unpaired) electrons. The minimum absolute atomic E-state index is 0.0134. The molecule has 0 aliphatic carbocycles. The SMILES string of the molecule is Cc1cc(C#CCCO)cc(NS(=O)(=O)CC#N)c1. The first-order chi connectivity index (χ1) is 8.96. The molecule has 0 fully saturated rings. The Labute approximate surface area is 112 Å². The highest BCUT2D eigenvalue weighted by molar-refractivity contribution is 7.92. The van der Waals surface area contributed by atoms with Crippen LogP contribution in [-0.2, 0) is 10.0 Å². The number of nitrogens with one attached hydrogen (secondary N) is 1. The van der Waals surface area contributed by atoms with Crippen LogP contribution in [-0.4, -0.2) is 25.9 Å². The van der Waals surface area contributed by atoms with Gasteiger partial charge in [-0.1, -0.05) is 11.8 Å². The highest BCUT2D eigenvalue weighted by Crippen LogP contribution is 2.15. The van der Waals surface area contributed by atoms with Crippen molar-refractivity contribution < 1.29 is 13.5 Å². The van der Waals surface area contributed by atoms with E-state index in [-0.39, 0.29) is 6.61 Å². The number of hydrogen-bond acceptors (Lipinski definition) is 4. The van der Waals surface area contributed by atoms with E-state index in [1.54, 1.807) is 18.2 Å². The normalized spacial score (nSPS) is 10.2. The van der Waals surface area contributed by atoms with Gasteiger partial charge in [-0.3, -0.25) is 4.72 Å². The number of nitriles is 1. The van der Waals surface area contributed by atoms with Gasteiger partial charge in [0, 0.05) is 12.0 Å². The maximum Gasteiger partial charge on any atom is 0.246 e. The van der Waals surface area contributed by atoms with Crippen molar-refractivity contribution in [3.63, 3.8) is 0 Å². The fourth-order valence-electron chi connectivity index (χ4n) is 1.44. The quantitative estimate of drug-likeness (QED) is 0.804. The average Bonchev–Trinajstić information content (AvgIpc) is 2.27. The highest BCUT2D eigenvalue weighted by atomic mass is 32.2. The van der Waals surface area contributed by atoms with Crippen LogP contribution in [0.4, 0.5) is 5.69 Å². The number of aliphatic hydroxyl groups excluding tert-OH is 1. The molecule has 0 heterocycles. The topological polar surface area (TPSA) is 90.2 Å². The van der Waals surface area contributed by atoms with E-state index < -0.39 is 15.8 Å². The van der Waals surface area contributed by atoms with Crippen LogP contribution < -0.4 is 4.72 Å². The van der Waals surface area contributed by atoms with Crippen LogP contribution >= 0.6 is 0 Å². The Morgan fingerprint density at radius 3 is 2.74 bits per heavy atom. The first-order valence-electron chi connectivity index (χ1n) is 5.56. The highest BCUT2D eigenvalue weighted by Gasteiger charge is 2.09. The number of benzene rings is 1. The first kappa shape index (κ1) is 15.0. The molecule has 100 valence electrons. The van der Waals surface area contributed by atoms with Crippen molar-refractivity contribution >= 4 is 15.7 Å². The fourth-order valence-corrected chi connectivity index (χ4v) is 2.15. The van der Waals surface area contributed by atoms with E-state index >= 15 is 0 Å². The molecule has 0 aliphatic heterocycles. The van der Waals surface area contributed by atoms with Gasteiger partial charge >= 0.3 is 0 Å². The molecule has 0 saturated heterocycles. The molecule has 1 aromatic rings. The van der Waals surface area contributed by atoms with Crippen molar-refractivity contribution in [2.75, 3.05) is 17.1 Å². The van der Waals surface area contributed by atoms with Gasteiger partial charge in [-0.05, 0) is 30.7 Å². The molecule has 2 N–H and O–H groups in total. The van der Waals surface area contributed by atoms with Gasteiger partial charge < -0.3 is 5.11 Å². The van der Waals surface area contributed by atoms with E-state index in [1.165, 1.54) is 0 Å². The molecule has 0 aromatic heterocycles. The monoisotopic (exact) mass is 278 g/mol. The van der Waals surface area contributed by atoms with Gasteiger partial charge in [0.2, 0.25) is 10.0 Å². The van der Waals surface area contributed by atoms with Crippen LogP contribution in [0.1, 0.15) is 17.5 Å². The second-order valence-corrected chi connectivity index (χ2v) is 5.60. The van der Waals surface area contributed by atoms with Crippen LogP contribution in [0.25, 0.3) is 0 Å². The number of nitrogens with zero attached hydrogens (tertiary/aromatic N) is 1. The van der Waals surface area contributed by atoms with Crippen molar-refractivity contribution in [3.8, 4) is 17.9 Å². The van der Waals surface area contributed by atoms with Gasteiger partial charge in [0.15, 0.2) is 5.75 Å². The lowest BCUT2D eigenvalue weighted by Crippen LogP contribution is -2.15. The zero-order valence-electron chi connectivity index (χ0n) is 10.5. The molecule has 0 atom stereocenters. The second kappa shape index (κ2) is 6.79. The molecule has 0 aliphatic rings. The molecular formula is C13H14N2O3S. The van der Waals surface area contributed by atoms with Crippen molar-refractivity contribution in [1.29, 1.82) is 5.26 Å². The summed E-state index contributed by atoms with van der Waals surface area (Å²) in [5.74, 6) is 5.01. The summed E-state index contributed by atoms with van der Waals surface area (Å²) in [6.45, 7) is 1.81. The molecule has 0 unspecified atom stereocenters. The van der Waals surface area contributed by atoms with E-state index in [9.17, 15) is 8.42 Å². The molecule has 0 saturated carbocycles. The van der Waals surface area contributed by atoms with E-state index in [0.29, 0.717) is 17.7 Å². The van der Waals surface area contributed by atoms with Crippen molar-refractivity contribution in [2.45, 2.75) is 13.3 Å². The zero-order valence-corrected chi connectivity index (χ0v) is 11.3. The van der Waals surface area contributed by atoms with Crippen LogP contribution in [0.5, 0.6) is 0 Å². The van der Waals surface area contributed by atoms with Crippen molar-refractivity contribution in [2.24, 2.45) is 0 Å². The van der Waals surface area contributed by atoms with Gasteiger partial charge in [0.05, 0.1) is 18.4 Å². The molecule has 0 bridgehead atoms. The maximum absolute atomic E-state index is 11.5. The van der Waals surface area contributed by atoms with Gasteiger partial charge in [0.1, 0.15) is 0 Å². The molecule has 1 rings (SSSR count). The Bertz CT molecular complexity index is 649. The third-order valence-electron chi connectivity index (χ3n) is 2.07. The third kappa shape index (κ3) is 5.43. The smallest absolute Gasteiger partial charge is 0.246 e. The van der Waals surface area contributed by atoms with Crippen LogP contribution in [0.15, 0.2) is 18.2 Å². The maximum atomic E-state index is 11.5. The van der Waals surface area contributed by atoms with E-state index in [0.717, 1.165) is 5.56 Å². The molecule has 5 nitrogen and oxygen atoms in total. The number of aliphatic hydroxyl groups is 1. The molecule has 19 heavy (non-hydrogen) atoms. The largest absolute Gasteiger partial charge is 0.395 e. The lowest BCUT2D eigenvalue weighted by Gasteiger charge is -2.06. The number of hydrogen-bond donors (Lipinski definition) is 2. The van der Waals surface area contributed by atoms with Gasteiger partial charge in [0.25, 0.3) is 0 Å². The van der Waals surface area contributed by atoms with Gasteiger partial charge in [-0.2, -0.15) is 5.26 Å². The molecular weight excluding hydrogens is 264 g/mol. The van der Waals surface area contributed by atoms with E-state index in [2.05, 4.69) is 16.6 Å². The summed E-state index contributed by atoms with van der Waals surface area (Å²) in [5.41, 5.74) is 1.89. The number of aryl methyl sites for hydroxylation is 1. The first-order valence-corrected chi connectivity index (χ1v) is 7.21. The Balaban J connectivity index is 2.99. The minimum Gasteiger partial charge on any atom is -0.395 e. The summed E-state index contributed by atoms with van der Waals surface area (Å²) < 4.78 is 25.3. The predicted molar refractivity (Wildman–Crippen MR) is 72.8 cm³/mol. The van der Waals surface area contributed by atoms with E-state index in [4.69, 9.17) is 10.4 Å². The van der Waals surface area contributed by atoms with Crippen molar-refractivity contribution in [1.82, 2.24) is 0 Å². The standard InChI is InChI=1S/C13H14N2O3S/c1-11-8-12(4-2-3-6-16)10-13(9-11)15-19(17,18)7-5-14/h8-10,15-16H,3,6-7H2,1H3. The Kier molecular flexibility index (Phi) is 5.37. The number of sulfonamides is 1. The Morgan fingerprint density at radius 2 is 2.11 bits per heavy atom. The lowest BCUT2D eigenvalue weighted by molar-refractivity contribution is 0.305. The van der Waals surface area contributed by atoms with E-state index in [1.807, 2.05) is 13.0 Å². The second-order valence-electron chi connectivity index (χ2n) is 3.88. The number of rotatable bonds is 4. The average molecular weight is 278 g/mol. The van der Waals surface area contributed by atoms with Crippen molar-refractivity contribution in [3.05, 3.63) is 29.3 Å². The Hall–Kier alpha value is -2.02. The summed E-state index contributed by atoms with van der Waals surface area (Å²) in [7, 11) is -3.64. The summed E-state index contributed by atoms with van der Waals surface area (Å²) in [6.07, 6.45) is 0.365. The summed E-state index contributed by atoms with van der Waals surface area (Å²) >= 11 is 0. The fraction of sp³-hybridized carbons (Fsp3) is 0.308.